The van der Waals surface area contributed by atoms with E-state index in [0.717, 1.165) is 0 Å². The van der Waals surface area contributed by atoms with Crippen molar-refractivity contribution in [3.8, 4) is 0 Å². The normalized spacial score (nSPS) is 21.6. The second kappa shape index (κ2) is 9.91. The number of methoxy groups -OCH3 is 1. The third-order valence-corrected chi connectivity index (χ3v) is 10.8. The zero-order chi connectivity index (χ0) is 22.5. The fourth-order valence-corrected chi connectivity index (χ4v) is 8.79. The van der Waals surface area contributed by atoms with Crippen LogP contribution >= 0.6 is 0 Å². The van der Waals surface area contributed by atoms with E-state index in [2.05, 4.69) is 69.3 Å². The van der Waals surface area contributed by atoms with Crippen molar-refractivity contribution in [2.75, 3.05) is 13.7 Å². The second-order valence-corrected chi connectivity index (χ2v) is 13.2. The summed E-state index contributed by atoms with van der Waals surface area (Å²) in [6.07, 6.45) is 3.19. The Balaban J connectivity index is 1.93. The molecule has 1 aliphatic heterocycles. The lowest BCUT2D eigenvalue weighted by molar-refractivity contribution is -0.144. The van der Waals surface area contributed by atoms with E-state index in [1.807, 2.05) is 24.3 Å². The van der Waals surface area contributed by atoms with Crippen LogP contribution in [-0.2, 0) is 18.7 Å². The zero-order valence-electron chi connectivity index (χ0n) is 18.8. The zero-order valence-corrected chi connectivity index (χ0v) is 19.8. The fourth-order valence-electron chi connectivity index (χ4n) is 4.22. The Morgan fingerprint density at radius 1 is 1.00 bits per heavy atom. The molecular formula is C25H33NO4Si. The molecule has 0 amide bonds. The number of nitrogens with two attached hydrogens (primary N) is 1. The summed E-state index contributed by atoms with van der Waals surface area (Å²) in [6, 6.07) is 20.6. The van der Waals surface area contributed by atoms with Crippen LogP contribution in [0.3, 0.4) is 0 Å². The van der Waals surface area contributed by atoms with Crippen LogP contribution in [0.5, 0.6) is 0 Å². The first kappa shape index (κ1) is 23.4. The first-order valence-electron chi connectivity index (χ1n) is 10.7. The lowest BCUT2D eigenvalue weighted by Crippen LogP contribution is -2.67. The van der Waals surface area contributed by atoms with Gasteiger partial charge >= 0.3 is 5.97 Å². The maximum Gasteiger partial charge on any atom is 0.308 e. The summed E-state index contributed by atoms with van der Waals surface area (Å²) in [5, 5.41) is 2.29. The monoisotopic (exact) mass is 439 g/mol. The average molecular weight is 440 g/mol. The smallest absolute Gasteiger partial charge is 0.308 e. The third-order valence-electron chi connectivity index (χ3n) is 5.80. The quantitative estimate of drug-likeness (QED) is 0.408. The Bertz CT molecular complexity index is 840. The van der Waals surface area contributed by atoms with Gasteiger partial charge in [0.15, 0.2) is 0 Å². The van der Waals surface area contributed by atoms with Crippen molar-refractivity contribution < 1.29 is 18.7 Å². The molecule has 166 valence electrons. The molecule has 0 fully saturated rings. The minimum Gasteiger partial charge on any atom is -0.469 e. The summed E-state index contributed by atoms with van der Waals surface area (Å²) in [6.45, 7) is 7.05. The summed E-state index contributed by atoms with van der Waals surface area (Å²) in [4.78, 5) is 11.7. The van der Waals surface area contributed by atoms with Crippen LogP contribution in [0.2, 0.25) is 5.04 Å². The molecule has 0 saturated heterocycles. The number of hydrogen-bond donors (Lipinski definition) is 1. The van der Waals surface area contributed by atoms with E-state index in [1.54, 1.807) is 0 Å². The Kier molecular flexibility index (Phi) is 7.49. The van der Waals surface area contributed by atoms with E-state index in [0.29, 0.717) is 6.61 Å². The SMILES string of the molecule is COC(=O)C[C@@H]1C=C[C@H](N)[C@H](CO[Si](c2ccccc2)(c2ccccc2)C(C)(C)C)O1. The topological polar surface area (TPSA) is 70.8 Å². The fraction of sp³-hybridized carbons (Fsp3) is 0.400. The summed E-state index contributed by atoms with van der Waals surface area (Å²) >= 11 is 0. The second-order valence-electron chi connectivity index (χ2n) is 8.93. The van der Waals surface area contributed by atoms with Gasteiger partial charge in [0.1, 0.15) is 0 Å². The van der Waals surface area contributed by atoms with E-state index < -0.39 is 8.32 Å². The van der Waals surface area contributed by atoms with Crippen molar-refractivity contribution in [3.05, 3.63) is 72.8 Å². The molecule has 3 rings (SSSR count). The van der Waals surface area contributed by atoms with Gasteiger partial charge in [-0.25, -0.2) is 0 Å². The number of esters is 1. The largest absolute Gasteiger partial charge is 0.469 e. The molecule has 5 nitrogen and oxygen atoms in total. The molecule has 0 unspecified atom stereocenters. The highest BCUT2D eigenvalue weighted by atomic mass is 28.4. The molecule has 31 heavy (non-hydrogen) atoms. The van der Waals surface area contributed by atoms with Crippen molar-refractivity contribution in [2.45, 2.75) is 50.5 Å². The minimum absolute atomic E-state index is 0.129. The molecule has 0 bridgehead atoms. The maximum atomic E-state index is 11.7. The molecule has 1 heterocycles. The molecule has 1 aliphatic rings. The van der Waals surface area contributed by atoms with Crippen molar-refractivity contribution in [1.82, 2.24) is 0 Å². The van der Waals surface area contributed by atoms with E-state index >= 15 is 0 Å². The number of ether oxygens (including phenoxy) is 2. The van der Waals surface area contributed by atoms with Gasteiger partial charge in [0.25, 0.3) is 8.32 Å². The van der Waals surface area contributed by atoms with E-state index in [-0.39, 0.29) is 35.7 Å². The van der Waals surface area contributed by atoms with Crippen LogP contribution < -0.4 is 16.1 Å². The van der Waals surface area contributed by atoms with Crippen molar-refractivity contribution in [2.24, 2.45) is 5.73 Å². The van der Waals surface area contributed by atoms with Crippen molar-refractivity contribution in [3.63, 3.8) is 0 Å². The predicted octanol–water partition coefficient (Wildman–Crippen LogP) is 2.78. The van der Waals surface area contributed by atoms with Gasteiger partial charge in [-0.3, -0.25) is 4.79 Å². The van der Waals surface area contributed by atoms with Gasteiger partial charge in [-0.15, -0.1) is 0 Å². The van der Waals surface area contributed by atoms with Crippen LogP contribution in [-0.4, -0.2) is 46.3 Å². The van der Waals surface area contributed by atoms with Crippen molar-refractivity contribution >= 4 is 24.7 Å². The highest BCUT2D eigenvalue weighted by Gasteiger charge is 2.50. The number of hydrogen-bond acceptors (Lipinski definition) is 5. The lowest BCUT2D eigenvalue weighted by atomic mass is 10.1. The molecule has 6 heteroatoms. The average Bonchev–Trinajstić information content (AvgIpc) is 2.76. The Morgan fingerprint density at radius 3 is 2.03 bits per heavy atom. The molecule has 3 atom stereocenters. The number of carbonyl (C=O) groups is 1. The molecule has 0 aromatic heterocycles. The first-order valence-corrected chi connectivity index (χ1v) is 12.6. The summed E-state index contributed by atoms with van der Waals surface area (Å²) in [5.41, 5.74) is 6.33. The lowest BCUT2D eigenvalue weighted by Gasteiger charge is -2.44. The molecule has 0 spiro atoms. The van der Waals surface area contributed by atoms with Gasteiger partial charge in [0.05, 0.1) is 38.4 Å². The molecule has 2 N–H and O–H groups in total. The van der Waals surface area contributed by atoms with E-state index in [4.69, 9.17) is 19.6 Å². The first-order chi connectivity index (χ1) is 14.8. The Morgan fingerprint density at radius 2 is 1.55 bits per heavy atom. The summed E-state index contributed by atoms with van der Waals surface area (Å²) in [5.74, 6) is -0.309. The molecule has 0 saturated carbocycles. The maximum absolute atomic E-state index is 11.7. The van der Waals surface area contributed by atoms with Crippen LogP contribution in [0.1, 0.15) is 27.2 Å². The molecular weight excluding hydrogens is 406 g/mol. The van der Waals surface area contributed by atoms with E-state index in [9.17, 15) is 4.79 Å². The summed E-state index contributed by atoms with van der Waals surface area (Å²) < 4.78 is 17.9. The van der Waals surface area contributed by atoms with Gasteiger partial charge in [-0.05, 0) is 15.4 Å². The highest BCUT2D eigenvalue weighted by Crippen LogP contribution is 2.37. The van der Waals surface area contributed by atoms with Gasteiger partial charge < -0.3 is 19.6 Å². The number of carbonyl (C=O) groups excluding carboxylic acids is 1. The van der Waals surface area contributed by atoms with Crippen molar-refractivity contribution in [1.29, 1.82) is 0 Å². The van der Waals surface area contributed by atoms with Crippen LogP contribution in [0, 0.1) is 0 Å². The molecule has 2 aromatic carbocycles. The van der Waals surface area contributed by atoms with Crippen LogP contribution in [0.25, 0.3) is 0 Å². The predicted molar refractivity (Wildman–Crippen MR) is 126 cm³/mol. The standard InChI is InChI=1S/C25H33NO4Si/c1-25(2,3)31(20-11-7-5-8-12-20,21-13-9-6-10-14-21)29-18-23-22(26)16-15-19(30-23)17-24(27)28-4/h5-16,19,22-23H,17-18,26H2,1-4H3/t19-,22-,23-/m0/s1. The van der Waals surface area contributed by atoms with Gasteiger partial charge in [-0.1, -0.05) is 93.6 Å². The van der Waals surface area contributed by atoms with Gasteiger partial charge in [0.2, 0.25) is 0 Å². The molecule has 0 aliphatic carbocycles. The van der Waals surface area contributed by atoms with Gasteiger partial charge in [-0.2, -0.15) is 0 Å². The molecule has 2 aromatic rings. The minimum atomic E-state index is -2.68. The number of rotatable bonds is 7. The highest BCUT2D eigenvalue weighted by molar-refractivity contribution is 6.99. The summed E-state index contributed by atoms with van der Waals surface area (Å²) in [7, 11) is -1.30. The Hall–Kier alpha value is -2.25. The van der Waals surface area contributed by atoms with Crippen LogP contribution in [0.15, 0.2) is 72.8 Å². The number of benzene rings is 2. The van der Waals surface area contributed by atoms with E-state index in [1.165, 1.54) is 17.5 Å². The third kappa shape index (κ3) is 5.15. The Labute approximate surface area is 186 Å². The molecule has 0 radical (unpaired) electrons. The van der Waals surface area contributed by atoms with Gasteiger partial charge in [0, 0.05) is 0 Å². The van der Waals surface area contributed by atoms with Crippen LogP contribution in [0.4, 0.5) is 0 Å².